The molecular weight excluding hydrogens is 268 g/mol. The maximum Gasteiger partial charge on any atom is 0.279 e. The third kappa shape index (κ3) is 4.40. The normalized spacial score (nSPS) is 12.6. The van der Waals surface area contributed by atoms with Gasteiger partial charge >= 0.3 is 0 Å². The Labute approximate surface area is 99.4 Å². The van der Waals surface area contributed by atoms with Gasteiger partial charge in [-0.1, -0.05) is 12.1 Å². The first-order chi connectivity index (χ1) is 7.74. The van der Waals surface area contributed by atoms with Gasteiger partial charge in [-0.2, -0.15) is 13.1 Å². The summed E-state index contributed by atoms with van der Waals surface area (Å²) in [6.45, 7) is 0.277. The van der Waals surface area contributed by atoms with Gasteiger partial charge in [0.15, 0.2) is 0 Å². The minimum absolute atomic E-state index is 0.0987. The van der Waals surface area contributed by atoms with Crippen LogP contribution in [0.5, 0.6) is 0 Å². The number of nitrogens with one attached hydrogen (secondary N) is 1. The summed E-state index contributed by atoms with van der Waals surface area (Å²) < 4.78 is 54.2. The van der Waals surface area contributed by atoms with Gasteiger partial charge in [0.2, 0.25) is 10.0 Å². The Morgan fingerprint density at radius 2 is 1.65 bits per heavy atom. The number of rotatable bonds is 5. The fourth-order valence-electron chi connectivity index (χ4n) is 1.04. The molecule has 0 unspecified atom stereocenters. The molecule has 17 heavy (non-hydrogen) atoms. The van der Waals surface area contributed by atoms with Crippen molar-refractivity contribution in [2.24, 2.45) is 5.73 Å². The summed E-state index contributed by atoms with van der Waals surface area (Å²) in [6, 6.07) is 5.63. The van der Waals surface area contributed by atoms with Crippen molar-refractivity contribution in [3.05, 3.63) is 29.8 Å². The molecule has 1 aromatic carbocycles. The molecule has 7 nitrogen and oxygen atoms in total. The molecule has 4 N–H and O–H groups in total. The lowest BCUT2D eigenvalue weighted by Gasteiger charge is -2.05. The molecule has 0 amide bonds. The number of hydrogen-bond acceptors (Lipinski definition) is 5. The predicted molar refractivity (Wildman–Crippen MR) is 61.1 cm³/mol. The molecule has 1 rings (SSSR count). The lowest BCUT2D eigenvalue weighted by atomic mass is 10.2. The highest BCUT2D eigenvalue weighted by molar-refractivity contribution is 7.91. The summed E-state index contributed by atoms with van der Waals surface area (Å²) in [7, 11) is -8.34. The second kappa shape index (κ2) is 5.10. The monoisotopic (exact) mass is 280 g/mol. The first-order valence-electron chi connectivity index (χ1n) is 4.48. The molecule has 0 radical (unpaired) electrons. The van der Waals surface area contributed by atoms with Crippen molar-refractivity contribution in [1.29, 1.82) is 0 Å². The molecule has 0 atom stereocenters. The first-order valence-corrected chi connectivity index (χ1v) is 7.58. The summed E-state index contributed by atoms with van der Waals surface area (Å²) in [5.41, 5.74) is 6.10. The van der Waals surface area contributed by atoms with E-state index >= 15 is 0 Å². The SMILES string of the molecule is NCc1ccc(S(=O)(=O)NCS(=O)(=O)O)cc1. The van der Waals surface area contributed by atoms with E-state index in [9.17, 15) is 16.8 Å². The standard InChI is InChI=1S/C8H12N2O5S2/c9-5-7-1-3-8(4-2-7)17(14,15)10-6-16(11,12)13/h1-4,10H,5-6,9H2,(H,11,12,13). The average molecular weight is 280 g/mol. The zero-order valence-electron chi connectivity index (χ0n) is 8.70. The summed E-state index contributed by atoms with van der Waals surface area (Å²) in [5.74, 6) is -1.06. The van der Waals surface area contributed by atoms with Gasteiger partial charge in [-0.05, 0) is 17.7 Å². The molecule has 0 bridgehead atoms. The molecule has 9 heteroatoms. The van der Waals surface area contributed by atoms with Crippen LogP contribution in [0.2, 0.25) is 0 Å². The van der Waals surface area contributed by atoms with E-state index in [0.29, 0.717) is 0 Å². The van der Waals surface area contributed by atoms with E-state index in [2.05, 4.69) is 0 Å². The summed E-state index contributed by atoms with van der Waals surface area (Å²) in [5, 5.41) is 0. The molecule has 0 saturated heterocycles. The number of hydrogen-bond donors (Lipinski definition) is 3. The van der Waals surface area contributed by atoms with Crippen LogP contribution in [0.1, 0.15) is 5.56 Å². The molecule has 96 valence electrons. The lowest BCUT2D eigenvalue weighted by molar-refractivity contribution is 0.480. The van der Waals surface area contributed by atoms with Crippen molar-refractivity contribution in [2.75, 3.05) is 5.88 Å². The minimum atomic E-state index is -4.39. The van der Waals surface area contributed by atoms with Crippen molar-refractivity contribution < 1.29 is 21.4 Å². The Balaban J connectivity index is 2.90. The predicted octanol–water partition coefficient (Wildman–Crippen LogP) is -0.731. The van der Waals surface area contributed by atoms with E-state index < -0.39 is 26.0 Å². The quantitative estimate of drug-likeness (QED) is 0.610. The first kappa shape index (κ1) is 14.1. The zero-order valence-corrected chi connectivity index (χ0v) is 10.3. The van der Waals surface area contributed by atoms with Gasteiger partial charge < -0.3 is 5.73 Å². The van der Waals surface area contributed by atoms with Gasteiger partial charge in [0.1, 0.15) is 5.88 Å². The topological polar surface area (TPSA) is 127 Å². The van der Waals surface area contributed by atoms with Crippen LogP contribution in [-0.4, -0.2) is 27.3 Å². The fourth-order valence-corrected chi connectivity index (χ4v) is 2.92. The van der Waals surface area contributed by atoms with E-state index in [0.717, 1.165) is 5.56 Å². The Kier molecular flexibility index (Phi) is 4.22. The van der Waals surface area contributed by atoms with Crippen molar-refractivity contribution in [3.8, 4) is 0 Å². The van der Waals surface area contributed by atoms with Crippen LogP contribution in [0, 0.1) is 0 Å². The molecular formula is C8H12N2O5S2. The van der Waals surface area contributed by atoms with Crippen molar-refractivity contribution in [1.82, 2.24) is 4.72 Å². The highest BCUT2D eigenvalue weighted by Crippen LogP contribution is 2.10. The highest BCUT2D eigenvalue weighted by atomic mass is 32.2. The smallest absolute Gasteiger partial charge is 0.279 e. The van der Waals surface area contributed by atoms with Gasteiger partial charge in [-0.25, -0.2) is 8.42 Å². The van der Waals surface area contributed by atoms with Gasteiger partial charge in [0.05, 0.1) is 4.90 Å². The number of nitrogens with two attached hydrogens (primary N) is 1. The number of sulfonamides is 1. The molecule has 0 saturated carbocycles. The third-order valence-corrected chi connectivity index (χ3v) is 4.01. The van der Waals surface area contributed by atoms with Crippen LogP contribution in [-0.2, 0) is 26.7 Å². The van der Waals surface area contributed by atoms with E-state index in [1.165, 1.54) is 24.3 Å². The maximum atomic E-state index is 11.6. The molecule has 0 fully saturated rings. The van der Waals surface area contributed by atoms with E-state index in [-0.39, 0.29) is 11.4 Å². The van der Waals surface area contributed by atoms with Gasteiger partial charge in [0, 0.05) is 6.54 Å². The van der Waals surface area contributed by atoms with Crippen LogP contribution >= 0.6 is 0 Å². The third-order valence-electron chi connectivity index (χ3n) is 1.90. The Morgan fingerprint density at radius 1 is 1.12 bits per heavy atom. The minimum Gasteiger partial charge on any atom is -0.326 e. The largest absolute Gasteiger partial charge is 0.326 e. The van der Waals surface area contributed by atoms with Crippen LogP contribution in [0.25, 0.3) is 0 Å². The molecule has 1 aromatic rings. The molecule has 0 aliphatic heterocycles. The Bertz CT molecular complexity index is 577. The molecule has 0 heterocycles. The summed E-state index contributed by atoms with van der Waals surface area (Å²) in [4.78, 5) is -0.0987. The maximum absolute atomic E-state index is 11.6. The molecule has 0 aliphatic carbocycles. The van der Waals surface area contributed by atoms with Gasteiger partial charge in [-0.3, -0.25) is 4.55 Å². The fraction of sp³-hybridized carbons (Fsp3) is 0.250. The van der Waals surface area contributed by atoms with Crippen LogP contribution in [0.3, 0.4) is 0 Å². The molecule has 0 aromatic heterocycles. The van der Waals surface area contributed by atoms with Crippen LogP contribution in [0.4, 0.5) is 0 Å². The second-order valence-corrected chi connectivity index (χ2v) is 6.44. The Morgan fingerprint density at radius 3 is 2.06 bits per heavy atom. The number of benzene rings is 1. The van der Waals surface area contributed by atoms with E-state index in [1.54, 1.807) is 4.72 Å². The van der Waals surface area contributed by atoms with Crippen molar-refractivity contribution in [2.45, 2.75) is 11.4 Å². The highest BCUT2D eigenvalue weighted by Gasteiger charge is 2.16. The van der Waals surface area contributed by atoms with Crippen LogP contribution in [0.15, 0.2) is 29.2 Å². The van der Waals surface area contributed by atoms with E-state index in [1.807, 2.05) is 0 Å². The average Bonchev–Trinajstić information content (AvgIpc) is 2.26. The second-order valence-electron chi connectivity index (χ2n) is 3.22. The van der Waals surface area contributed by atoms with Crippen molar-refractivity contribution >= 4 is 20.1 Å². The van der Waals surface area contributed by atoms with Gasteiger partial charge in [-0.15, -0.1) is 0 Å². The van der Waals surface area contributed by atoms with E-state index in [4.69, 9.17) is 10.3 Å². The summed E-state index contributed by atoms with van der Waals surface area (Å²) >= 11 is 0. The molecule has 0 aliphatic rings. The summed E-state index contributed by atoms with van der Waals surface area (Å²) in [6.07, 6.45) is 0. The Hall–Kier alpha value is -1.00. The van der Waals surface area contributed by atoms with Gasteiger partial charge in [0.25, 0.3) is 10.1 Å². The lowest BCUT2D eigenvalue weighted by Crippen LogP contribution is -2.29. The van der Waals surface area contributed by atoms with Crippen LogP contribution < -0.4 is 10.5 Å². The van der Waals surface area contributed by atoms with Crippen molar-refractivity contribution in [3.63, 3.8) is 0 Å². The molecule has 0 spiro atoms. The zero-order chi connectivity index (χ0) is 13.1.